The number of pyridine rings is 1. The third kappa shape index (κ3) is 2.53. The van der Waals surface area contributed by atoms with Gasteiger partial charge in [0.25, 0.3) is 5.91 Å². The van der Waals surface area contributed by atoms with Gasteiger partial charge in [0, 0.05) is 6.20 Å². The van der Waals surface area contributed by atoms with E-state index < -0.39 is 11.7 Å². The second-order valence-corrected chi connectivity index (χ2v) is 3.79. The molecular weight excluding hydrogens is 237 g/mol. The molecule has 0 aliphatic rings. The quantitative estimate of drug-likeness (QED) is 0.899. The molecule has 0 fully saturated rings. The standard InChI is InChI=1S/C12H12FN3O2/c1-7-8(2)18-11(16-7)6-15-12(17)9-3-4-14-5-10(9)13/h3-5H,6H2,1-2H3,(H,15,17). The second kappa shape index (κ2) is 4.95. The molecule has 1 N–H and O–H groups in total. The number of carbonyl (C=O) groups excluding carboxylic acids is 1. The van der Waals surface area contributed by atoms with Crippen molar-refractivity contribution in [2.75, 3.05) is 0 Å². The Morgan fingerprint density at radius 3 is 2.89 bits per heavy atom. The van der Waals surface area contributed by atoms with Gasteiger partial charge in [-0.05, 0) is 19.9 Å². The van der Waals surface area contributed by atoms with Gasteiger partial charge in [-0.25, -0.2) is 9.37 Å². The van der Waals surface area contributed by atoms with Crippen molar-refractivity contribution in [2.24, 2.45) is 0 Å². The lowest BCUT2D eigenvalue weighted by Gasteiger charge is -2.03. The Morgan fingerprint density at radius 1 is 1.50 bits per heavy atom. The predicted molar refractivity (Wildman–Crippen MR) is 61.3 cm³/mol. The summed E-state index contributed by atoms with van der Waals surface area (Å²) in [6, 6.07) is 1.32. The molecule has 0 unspecified atom stereocenters. The molecular formula is C12H12FN3O2. The Balaban J connectivity index is 2.03. The Morgan fingerprint density at radius 2 is 2.28 bits per heavy atom. The Hall–Kier alpha value is -2.24. The molecule has 0 atom stereocenters. The molecule has 0 aromatic carbocycles. The highest BCUT2D eigenvalue weighted by molar-refractivity contribution is 5.94. The minimum atomic E-state index is -0.658. The number of hydrogen-bond donors (Lipinski definition) is 1. The first kappa shape index (κ1) is 12.2. The molecule has 1 amide bonds. The monoisotopic (exact) mass is 249 g/mol. The van der Waals surface area contributed by atoms with E-state index in [4.69, 9.17) is 4.42 Å². The highest BCUT2D eigenvalue weighted by atomic mass is 19.1. The van der Waals surface area contributed by atoms with E-state index in [0.717, 1.165) is 11.9 Å². The van der Waals surface area contributed by atoms with Gasteiger partial charge in [0.1, 0.15) is 5.76 Å². The lowest BCUT2D eigenvalue weighted by molar-refractivity contribution is 0.0943. The van der Waals surface area contributed by atoms with Crippen LogP contribution in [0.15, 0.2) is 22.9 Å². The molecule has 0 saturated heterocycles. The number of aromatic nitrogens is 2. The largest absolute Gasteiger partial charge is 0.444 e. The average molecular weight is 249 g/mol. The normalized spacial score (nSPS) is 10.4. The van der Waals surface area contributed by atoms with Gasteiger partial charge in [0.2, 0.25) is 5.89 Å². The number of carbonyl (C=O) groups is 1. The number of amides is 1. The Bertz CT molecular complexity index is 561. The van der Waals surface area contributed by atoms with Crippen LogP contribution in [0.2, 0.25) is 0 Å². The molecule has 2 aromatic heterocycles. The minimum Gasteiger partial charge on any atom is -0.444 e. The SMILES string of the molecule is Cc1nc(CNC(=O)c2ccncc2F)oc1C. The van der Waals surface area contributed by atoms with Crippen LogP contribution in [0.4, 0.5) is 4.39 Å². The van der Waals surface area contributed by atoms with Crippen molar-refractivity contribution in [2.45, 2.75) is 20.4 Å². The average Bonchev–Trinajstić information content (AvgIpc) is 2.66. The van der Waals surface area contributed by atoms with Crippen LogP contribution in [-0.2, 0) is 6.54 Å². The molecule has 2 rings (SSSR count). The van der Waals surface area contributed by atoms with E-state index >= 15 is 0 Å². The lowest BCUT2D eigenvalue weighted by Crippen LogP contribution is -2.24. The number of nitrogens with zero attached hydrogens (tertiary/aromatic N) is 2. The zero-order valence-corrected chi connectivity index (χ0v) is 10.0. The number of aryl methyl sites for hydroxylation is 2. The second-order valence-electron chi connectivity index (χ2n) is 3.79. The van der Waals surface area contributed by atoms with E-state index in [9.17, 15) is 9.18 Å². The smallest absolute Gasteiger partial charge is 0.254 e. The van der Waals surface area contributed by atoms with E-state index in [1.165, 1.54) is 12.3 Å². The molecule has 0 saturated carbocycles. The van der Waals surface area contributed by atoms with Crippen molar-refractivity contribution in [1.82, 2.24) is 15.3 Å². The number of rotatable bonds is 3. The number of oxazole rings is 1. The van der Waals surface area contributed by atoms with E-state index in [1.54, 1.807) is 6.92 Å². The maximum absolute atomic E-state index is 13.3. The van der Waals surface area contributed by atoms with E-state index in [2.05, 4.69) is 15.3 Å². The topological polar surface area (TPSA) is 68.0 Å². The fourth-order valence-corrected chi connectivity index (χ4v) is 1.43. The van der Waals surface area contributed by atoms with Crippen molar-refractivity contribution in [3.63, 3.8) is 0 Å². The fraction of sp³-hybridized carbons (Fsp3) is 0.250. The van der Waals surface area contributed by atoms with Crippen LogP contribution in [0.5, 0.6) is 0 Å². The fourth-order valence-electron chi connectivity index (χ4n) is 1.43. The third-order valence-corrected chi connectivity index (χ3v) is 2.49. The minimum absolute atomic E-state index is 0.0509. The van der Waals surface area contributed by atoms with Crippen molar-refractivity contribution >= 4 is 5.91 Å². The van der Waals surface area contributed by atoms with Gasteiger partial charge in [-0.2, -0.15) is 0 Å². The third-order valence-electron chi connectivity index (χ3n) is 2.49. The first-order valence-electron chi connectivity index (χ1n) is 5.38. The highest BCUT2D eigenvalue weighted by Crippen LogP contribution is 2.09. The van der Waals surface area contributed by atoms with Crippen molar-refractivity contribution in [3.8, 4) is 0 Å². The maximum atomic E-state index is 13.3. The molecule has 18 heavy (non-hydrogen) atoms. The van der Waals surface area contributed by atoms with E-state index in [1.807, 2.05) is 6.92 Å². The lowest BCUT2D eigenvalue weighted by atomic mass is 10.2. The van der Waals surface area contributed by atoms with Crippen molar-refractivity contribution < 1.29 is 13.6 Å². The first-order chi connectivity index (χ1) is 8.58. The Kier molecular flexibility index (Phi) is 3.36. The summed E-state index contributed by atoms with van der Waals surface area (Å²) in [5.41, 5.74) is 0.722. The van der Waals surface area contributed by atoms with Gasteiger partial charge < -0.3 is 9.73 Å². The summed E-state index contributed by atoms with van der Waals surface area (Å²) in [5.74, 6) is -0.0830. The summed E-state index contributed by atoms with van der Waals surface area (Å²) in [6.45, 7) is 3.72. The van der Waals surface area contributed by atoms with Crippen LogP contribution in [0.3, 0.4) is 0 Å². The predicted octanol–water partition coefficient (Wildman–Crippen LogP) is 1.76. The number of nitrogens with one attached hydrogen (secondary N) is 1. The molecule has 0 radical (unpaired) electrons. The molecule has 0 spiro atoms. The van der Waals surface area contributed by atoms with Crippen LogP contribution in [-0.4, -0.2) is 15.9 Å². The van der Waals surface area contributed by atoms with Gasteiger partial charge in [-0.3, -0.25) is 9.78 Å². The summed E-state index contributed by atoms with van der Waals surface area (Å²) in [7, 11) is 0. The molecule has 2 heterocycles. The van der Waals surface area contributed by atoms with Crippen LogP contribution < -0.4 is 5.32 Å². The van der Waals surface area contributed by atoms with Gasteiger partial charge in [-0.1, -0.05) is 0 Å². The molecule has 0 aliphatic carbocycles. The van der Waals surface area contributed by atoms with Crippen LogP contribution in [0.1, 0.15) is 27.7 Å². The number of halogens is 1. The van der Waals surface area contributed by atoms with Crippen molar-refractivity contribution in [1.29, 1.82) is 0 Å². The van der Waals surface area contributed by atoms with Gasteiger partial charge in [0.05, 0.1) is 24.0 Å². The summed E-state index contributed by atoms with van der Waals surface area (Å²) in [4.78, 5) is 19.4. The first-order valence-corrected chi connectivity index (χ1v) is 5.38. The van der Waals surface area contributed by atoms with Crippen LogP contribution in [0.25, 0.3) is 0 Å². The van der Waals surface area contributed by atoms with E-state index in [0.29, 0.717) is 11.7 Å². The summed E-state index contributed by atoms with van der Waals surface area (Å²) >= 11 is 0. The number of hydrogen-bond acceptors (Lipinski definition) is 4. The Labute approximate surface area is 103 Å². The molecule has 0 aliphatic heterocycles. The van der Waals surface area contributed by atoms with Gasteiger partial charge in [0.15, 0.2) is 5.82 Å². The summed E-state index contributed by atoms with van der Waals surface area (Å²) in [5, 5.41) is 2.53. The van der Waals surface area contributed by atoms with Crippen molar-refractivity contribution in [3.05, 3.63) is 47.2 Å². The zero-order chi connectivity index (χ0) is 13.1. The van der Waals surface area contributed by atoms with Gasteiger partial charge in [-0.15, -0.1) is 0 Å². The highest BCUT2D eigenvalue weighted by Gasteiger charge is 2.12. The molecule has 94 valence electrons. The summed E-state index contributed by atoms with van der Waals surface area (Å²) in [6.07, 6.45) is 2.35. The maximum Gasteiger partial charge on any atom is 0.254 e. The molecule has 0 bridgehead atoms. The van der Waals surface area contributed by atoms with E-state index in [-0.39, 0.29) is 12.1 Å². The zero-order valence-electron chi connectivity index (χ0n) is 10.0. The molecule has 2 aromatic rings. The molecule has 5 nitrogen and oxygen atoms in total. The summed E-state index contributed by atoms with van der Waals surface area (Å²) < 4.78 is 18.6. The van der Waals surface area contributed by atoms with Gasteiger partial charge >= 0.3 is 0 Å². The van der Waals surface area contributed by atoms with Crippen LogP contribution in [0, 0.1) is 19.7 Å². The molecule has 6 heteroatoms. The van der Waals surface area contributed by atoms with Crippen LogP contribution >= 0.6 is 0 Å².